The van der Waals surface area contributed by atoms with E-state index in [4.69, 9.17) is 0 Å². The third kappa shape index (κ3) is 4.59. The number of carbonyl (C=O) groups excluding carboxylic acids is 1. The topological polar surface area (TPSA) is 57.3 Å². The van der Waals surface area contributed by atoms with Crippen molar-refractivity contribution < 1.29 is 18.0 Å². The molecule has 1 aliphatic carbocycles. The molecule has 3 rings (SSSR count). The highest BCUT2D eigenvalue weighted by molar-refractivity contribution is 5.82. The lowest BCUT2D eigenvalue weighted by atomic mass is 9.97. The number of amides is 1. The number of nitrogens with one attached hydrogen (secondary N) is 2. The van der Waals surface area contributed by atoms with Gasteiger partial charge in [-0.25, -0.2) is 4.98 Å². The predicted octanol–water partition coefficient (Wildman–Crippen LogP) is 3.21. The highest BCUT2D eigenvalue weighted by Crippen LogP contribution is 2.40. The molecule has 0 spiro atoms. The van der Waals surface area contributed by atoms with Crippen LogP contribution in [0.2, 0.25) is 0 Å². The van der Waals surface area contributed by atoms with Crippen LogP contribution in [0.1, 0.15) is 44.6 Å². The Bertz CT molecular complexity index is 664. The number of rotatable bonds is 7. The summed E-state index contributed by atoms with van der Waals surface area (Å²) in [6.07, 6.45) is 1.38. The Morgan fingerprint density at radius 1 is 1.32 bits per heavy atom. The maximum atomic E-state index is 12.7. The van der Waals surface area contributed by atoms with E-state index in [0.29, 0.717) is 24.2 Å². The van der Waals surface area contributed by atoms with Crippen LogP contribution in [-0.4, -0.2) is 43.1 Å². The van der Waals surface area contributed by atoms with Gasteiger partial charge < -0.3 is 15.5 Å². The number of aromatic nitrogens is 1. The minimum absolute atomic E-state index is 0.0488. The van der Waals surface area contributed by atoms with Gasteiger partial charge in [0.05, 0.1) is 11.6 Å². The average molecular weight is 398 g/mol. The fourth-order valence-electron chi connectivity index (χ4n) is 4.47. The van der Waals surface area contributed by atoms with Gasteiger partial charge in [-0.1, -0.05) is 19.8 Å². The number of hydrogen-bond acceptors (Lipinski definition) is 4. The fourth-order valence-corrected chi connectivity index (χ4v) is 4.47. The molecule has 1 aliphatic heterocycles. The third-order valence-corrected chi connectivity index (χ3v) is 6.10. The number of anilines is 1. The molecule has 2 fully saturated rings. The first-order chi connectivity index (χ1) is 13.3. The van der Waals surface area contributed by atoms with E-state index in [-0.39, 0.29) is 18.0 Å². The molecule has 0 radical (unpaired) electrons. The number of carbonyl (C=O) groups is 1. The Morgan fingerprint density at radius 2 is 2.11 bits per heavy atom. The molecular weight excluding hydrogens is 369 g/mol. The van der Waals surface area contributed by atoms with Crippen molar-refractivity contribution in [3.8, 4) is 0 Å². The van der Waals surface area contributed by atoms with E-state index in [1.807, 2.05) is 11.9 Å². The van der Waals surface area contributed by atoms with Gasteiger partial charge in [0.15, 0.2) is 0 Å². The number of hydrogen-bond donors (Lipinski definition) is 2. The summed E-state index contributed by atoms with van der Waals surface area (Å²) in [7, 11) is 1.81. The van der Waals surface area contributed by atoms with Gasteiger partial charge in [0.2, 0.25) is 5.91 Å². The molecule has 2 N–H and O–H groups in total. The average Bonchev–Trinajstić information content (AvgIpc) is 3.24. The standard InChI is InChI=1S/C20H29F3N4O/c1-3-4-5-17(24-2)19(28)26-16-8-6-13-11-27(12-15(13)16)18-9-7-14(10-25-18)20(21,22)23/h7,9-10,13,15-17,24H,3-6,8,11-12H2,1-2H3,(H,26,28)/t13-,15+,16+,17+/m1/s1. The largest absolute Gasteiger partial charge is 0.417 e. The summed E-state index contributed by atoms with van der Waals surface area (Å²) in [6, 6.07) is 2.47. The number of pyridine rings is 1. The van der Waals surface area contributed by atoms with Gasteiger partial charge in [0.25, 0.3) is 0 Å². The molecule has 1 saturated heterocycles. The second-order valence-electron chi connectivity index (χ2n) is 7.91. The number of alkyl halides is 3. The summed E-state index contributed by atoms with van der Waals surface area (Å²) in [4.78, 5) is 18.7. The van der Waals surface area contributed by atoms with Gasteiger partial charge in [-0.2, -0.15) is 13.2 Å². The maximum absolute atomic E-state index is 12.7. The molecule has 1 aromatic heterocycles. The Kier molecular flexibility index (Phi) is 6.47. The van der Waals surface area contributed by atoms with Gasteiger partial charge in [0, 0.05) is 31.2 Å². The maximum Gasteiger partial charge on any atom is 0.417 e. The molecule has 2 heterocycles. The fraction of sp³-hybridized carbons (Fsp3) is 0.700. The number of nitrogens with zero attached hydrogens (tertiary/aromatic N) is 2. The Hall–Kier alpha value is -1.83. The first-order valence-corrected chi connectivity index (χ1v) is 10.1. The van der Waals surface area contributed by atoms with Crippen LogP contribution in [0.3, 0.4) is 0 Å². The Morgan fingerprint density at radius 3 is 2.71 bits per heavy atom. The van der Waals surface area contributed by atoms with Gasteiger partial charge in [-0.15, -0.1) is 0 Å². The van der Waals surface area contributed by atoms with E-state index in [9.17, 15) is 18.0 Å². The zero-order valence-corrected chi connectivity index (χ0v) is 16.4. The number of fused-ring (bicyclic) bond motifs is 1. The molecule has 4 atom stereocenters. The van der Waals surface area contributed by atoms with Crippen molar-refractivity contribution in [2.24, 2.45) is 11.8 Å². The molecule has 1 saturated carbocycles. The van der Waals surface area contributed by atoms with Gasteiger partial charge in [0.1, 0.15) is 5.82 Å². The minimum atomic E-state index is -4.37. The molecule has 156 valence electrons. The van der Waals surface area contributed by atoms with Crippen molar-refractivity contribution in [2.75, 3.05) is 25.0 Å². The van der Waals surface area contributed by atoms with E-state index in [2.05, 4.69) is 22.5 Å². The van der Waals surface area contributed by atoms with Crippen LogP contribution in [0.5, 0.6) is 0 Å². The van der Waals surface area contributed by atoms with Crippen LogP contribution in [0.25, 0.3) is 0 Å². The van der Waals surface area contributed by atoms with Crippen molar-refractivity contribution in [3.05, 3.63) is 23.9 Å². The quantitative estimate of drug-likeness (QED) is 0.741. The second kappa shape index (κ2) is 8.68. The first kappa shape index (κ1) is 20.9. The van der Waals surface area contributed by atoms with E-state index in [0.717, 1.165) is 50.9 Å². The number of unbranched alkanes of at least 4 members (excludes halogenated alkanes) is 1. The molecule has 1 amide bonds. The van der Waals surface area contributed by atoms with Crippen LogP contribution in [-0.2, 0) is 11.0 Å². The molecule has 0 bridgehead atoms. The van der Waals surface area contributed by atoms with Crippen LogP contribution in [0, 0.1) is 11.8 Å². The second-order valence-corrected chi connectivity index (χ2v) is 7.91. The zero-order chi connectivity index (χ0) is 20.3. The summed E-state index contributed by atoms with van der Waals surface area (Å²) >= 11 is 0. The van der Waals surface area contributed by atoms with Crippen molar-refractivity contribution in [1.82, 2.24) is 15.6 Å². The lowest BCUT2D eigenvalue weighted by Crippen LogP contribution is -2.48. The van der Waals surface area contributed by atoms with Crippen molar-refractivity contribution in [3.63, 3.8) is 0 Å². The first-order valence-electron chi connectivity index (χ1n) is 10.1. The monoisotopic (exact) mass is 398 g/mol. The lowest BCUT2D eigenvalue weighted by Gasteiger charge is -2.25. The molecule has 28 heavy (non-hydrogen) atoms. The van der Waals surface area contributed by atoms with Gasteiger partial charge >= 0.3 is 6.18 Å². The van der Waals surface area contributed by atoms with Crippen LogP contribution >= 0.6 is 0 Å². The van der Waals surface area contributed by atoms with E-state index in [1.54, 1.807) is 0 Å². The highest BCUT2D eigenvalue weighted by atomic mass is 19.4. The van der Waals surface area contributed by atoms with Crippen LogP contribution in [0.15, 0.2) is 18.3 Å². The highest BCUT2D eigenvalue weighted by Gasteiger charge is 2.44. The van der Waals surface area contributed by atoms with E-state index in [1.165, 1.54) is 6.07 Å². The predicted molar refractivity (Wildman–Crippen MR) is 102 cm³/mol. The number of halogens is 3. The Balaban J connectivity index is 1.60. The smallest absolute Gasteiger partial charge is 0.356 e. The van der Waals surface area contributed by atoms with Crippen molar-refractivity contribution in [2.45, 2.75) is 57.3 Å². The number of likely N-dealkylation sites (N-methyl/N-ethyl adjacent to an activating group) is 1. The summed E-state index contributed by atoms with van der Waals surface area (Å²) in [5.41, 5.74) is -0.731. The van der Waals surface area contributed by atoms with E-state index < -0.39 is 11.7 Å². The molecule has 0 aromatic carbocycles. The molecule has 5 nitrogen and oxygen atoms in total. The van der Waals surface area contributed by atoms with Gasteiger partial charge in [-0.05, 0) is 44.4 Å². The molecule has 1 aromatic rings. The molecule has 2 aliphatic rings. The Labute approximate surface area is 164 Å². The lowest BCUT2D eigenvalue weighted by molar-refractivity contribution is -0.137. The molecular formula is C20H29F3N4O. The summed E-state index contributed by atoms with van der Waals surface area (Å²) in [6.45, 7) is 3.60. The summed E-state index contributed by atoms with van der Waals surface area (Å²) in [5.74, 6) is 1.38. The van der Waals surface area contributed by atoms with Crippen LogP contribution < -0.4 is 15.5 Å². The normalized spacial score (nSPS) is 25.6. The van der Waals surface area contributed by atoms with Crippen molar-refractivity contribution >= 4 is 11.7 Å². The van der Waals surface area contributed by atoms with E-state index >= 15 is 0 Å². The molecule has 0 unspecified atom stereocenters. The van der Waals surface area contributed by atoms with Crippen molar-refractivity contribution in [1.29, 1.82) is 0 Å². The SMILES string of the molecule is CCCC[C@H](NC)C(=O)N[C@H]1CC[C@@H]2CN(c3ccc(C(F)(F)F)cn3)C[C@@H]21. The van der Waals surface area contributed by atoms with Gasteiger partial charge in [-0.3, -0.25) is 4.79 Å². The zero-order valence-electron chi connectivity index (χ0n) is 16.4. The third-order valence-electron chi connectivity index (χ3n) is 6.10. The molecule has 8 heteroatoms. The summed E-state index contributed by atoms with van der Waals surface area (Å²) in [5, 5.41) is 6.31. The summed E-state index contributed by atoms with van der Waals surface area (Å²) < 4.78 is 38.2. The minimum Gasteiger partial charge on any atom is -0.356 e. The van der Waals surface area contributed by atoms with Crippen LogP contribution in [0.4, 0.5) is 19.0 Å².